The highest BCUT2D eigenvalue weighted by atomic mass is 33.1. The maximum Gasteiger partial charge on any atom is 0.327 e. The van der Waals surface area contributed by atoms with Crippen molar-refractivity contribution < 1.29 is 43.5 Å². The Balaban J connectivity index is 2.00. The summed E-state index contributed by atoms with van der Waals surface area (Å²) in [5.41, 5.74) is 22.1. The van der Waals surface area contributed by atoms with Gasteiger partial charge in [-0.15, -0.1) is 0 Å². The molecule has 0 saturated carbocycles. The molecule has 3 aliphatic heterocycles. The molecular formula is C32H52N14O9S2. The summed E-state index contributed by atoms with van der Waals surface area (Å²) in [6, 6.07) is -7.67. The highest BCUT2D eigenvalue weighted by Crippen LogP contribution is 2.26. The minimum atomic E-state index is -1.45. The van der Waals surface area contributed by atoms with Crippen LogP contribution in [0.25, 0.3) is 0 Å². The zero-order chi connectivity index (χ0) is 42.2. The standard InChI is InChI=1S/C32H52N14O9S2/c33-16-14-56-57-15-20(30(54)55)44-26(50)18(9-11-40-32(37)38)42-27(51)21-5-2-12-45(21)29(53)22-6-3-13-46(22)28(52)19(4-1-10-39-31(35)36)43-25(49)17(41-24(16)48)7-8-23(34)47/h5,16-20,22H,1-4,6-15,33H2,(H2,34,47)(H,41,48)(H,42,51)(H,43,49)(H,44,50)(H,54,55)(H4,35,36,39)(H4,37,38,40)/t16-,17-,18+,19+,20+,22+/m0/s1. The van der Waals surface area contributed by atoms with Gasteiger partial charge in [-0.2, -0.15) is 0 Å². The third-order valence-electron chi connectivity index (χ3n) is 9.10. The number of nitrogens with two attached hydrogens (primary N) is 4. The van der Waals surface area contributed by atoms with E-state index in [9.17, 15) is 43.5 Å². The first-order chi connectivity index (χ1) is 27.0. The van der Waals surface area contributed by atoms with Crippen molar-refractivity contribution in [3.63, 3.8) is 0 Å². The predicted molar refractivity (Wildman–Crippen MR) is 210 cm³/mol. The van der Waals surface area contributed by atoms with Gasteiger partial charge in [-0.3, -0.25) is 44.4 Å². The summed E-state index contributed by atoms with van der Waals surface area (Å²) in [5, 5.41) is 40.0. The smallest absolute Gasteiger partial charge is 0.327 e. The van der Waals surface area contributed by atoms with Crippen LogP contribution in [0.2, 0.25) is 0 Å². The Hall–Kier alpha value is -5.30. The summed E-state index contributed by atoms with van der Waals surface area (Å²) < 4.78 is 0. The third kappa shape index (κ3) is 14.3. The Bertz CT molecular complexity index is 1600. The van der Waals surface area contributed by atoms with Crippen LogP contribution in [0, 0.1) is 10.8 Å². The number of hydrogen-bond donors (Lipinski definition) is 13. The number of primary amides is 1. The van der Waals surface area contributed by atoms with Crippen LogP contribution < -0.4 is 54.8 Å². The van der Waals surface area contributed by atoms with Crippen molar-refractivity contribution in [1.29, 1.82) is 10.8 Å². The molecule has 0 aromatic carbocycles. The van der Waals surface area contributed by atoms with E-state index in [1.165, 1.54) is 15.9 Å². The van der Waals surface area contributed by atoms with Gasteiger partial charge in [0.15, 0.2) is 11.9 Å². The van der Waals surface area contributed by atoms with Crippen LogP contribution in [0.1, 0.15) is 51.4 Å². The Morgan fingerprint density at radius 2 is 1.44 bits per heavy atom. The molecule has 7 amide bonds. The van der Waals surface area contributed by atoms with Crippen LogP contribution in [0.15, 0.2) is 11.8 Å². The number of carboxylic acids is 1. The molecule has 3 heterocycles. The summed E-state index contributed by atoms with van der Waals surface area (Å²) in [7, 11) is 2.00. The van der Waals surface area contributed by atoms with Crippen LogP contribution in [-0.2, 0) is 38.4 Å². The Morgan fingerprint density at radius 1 is 0.807 bits per heavy atom. The molecule has 23 nitrogen and oxygen atoms in total. The Labute approximate surface area is 336 Å². The van der Waals surface area contributed by atoms with E-state index < -0.39 is 89.5 Å². The highest BCUT2D eigenvalue weighted by molar-refractivity contribution is 8.76. The van der Waals surface area contributed by atoms with E-state index in [0.717, 1.165) is 21.6 Å². The summed E-state index contributed by atoms with van der Waals surface area (Å²) >= 11 is 0. The average Bonchev–Trinajstić information content (AvgIpc) is 3.85. The second kappa shape index (κ2) is 22.4. The maximum absolute atomic E-state index is 14.2. The molecule has 3 aliphatic rings. The maximum atomic E-state index is 14.2. The molecule has 2 saturated heterocycles. The second-order valence-electron chi connectivity index (χ2n) is 13.4. The van der Waals surface area contributed by atoms with Gasteiger partial charge < -0.3 is 69.7 Å². The molecule has 0 spiro atoms. The fourth-order valence-corrected chi connectivity index (χ4v) is 8.46. The van der Waals surface area contributed by atoms with Crippen molar-refractivity contribution in [2.75, 3.05) is 37.7 Å². The topological polar surface area (TPSA) is 387 Å². The van der Waals surface area contributed by atoms with Gasteiger partial charge >= 0.3 is 5.97 Å². The number of carboxylic acid groups (broad SMARTS) is 1. The van der Waals surface area contributed by atoms with E-state index in [4.69, 9.17) is 33.8 Å². The minimum Gasteiger partial charge on any atom is -0.480 e. The molecule has 0 bridgehead atoms. The number of fused-ring (bicyclic) bond motifs is 2. The number of nitrogens with zero attached hydrogens (tertiary/aromatic N) is 2. The van der Waals surface area contributed by atoms with Crippen molar-refractivity contribution in [3.8, 4) is 0 Å². The van der Waals surface area contributed by atoms with Gasteiger partial charge in [0.25, 0.3) is 5.91 Å². The van der Waals surface area contributed by atoms with Gasteiger partial charge in [0.1, 0.15) is 35.9 Å². The van der Waals surface area contributed by atoms with Crippen molar-refractivity contribution in [3.05, 3.63) is 11.8 Å². The van der Waals surface area contributed by atoms with Crippen molar-refractivity contribution in [2.24, 2.45) is 22.9 Å². The van der Waals surface area contributed by atoms with E-state index in [0.29, 0.717) is 6.42 Å². The predicted octanol–water partition coefficient (Wildman–Crippen LogP) is -4.76. The molecule has 316 valence electrons. The summed E-state index contributed by atoms with van der Waals surface area (Å²) in [5.74, 6) is -7.63. The van der Waals surface area contributed by atoms with E-state index in [1.807, 2.05) is 0 Å². The lowest BCUT2D eigenvalue weighted by Gasteiger charge is -2.32. The van der Waals surface area contributed by atoms with Gasteiger partial charge in [-0.05, 0) is 44.9 Å². The number of hydrogen-bond acceptors (Lipinski definition) is 13. The number of aliphatic carboxylic acids is 1. The second-order valence-corrected chi connectivity index (χ2v) is 15.9. The minimum absolute atomic E-state index is 0.0165. The molecule has 0 radical (unpaired) electrons. The number of guanidine groups is 2. The molecule has 25 heteroatoms. The molecule has 57 heavy (non-hydrogen) atoms. The van der Waals surface area contributed by atoms with Gasteiger partial charge in [0, 0.05) is 44.1 Å². The van der Waals surface area contributed by atoms with Crippen LogP contribution in [0.5, 0.6) is 0 Å². The lowest BCUT2D eigenvalue weighted by Crippen LogP contribution is -2.58. The van der Waals surface area contributed by atoms with Crippen LogP contribution in [0.4, 0.5) is 0 Å². The summed E-state index contributed by atoms with van der Waals surface area (Å²) in [6.07, 6.45) is 2.00. The molecule has 0 unspecified atom stereocenters. The zero-order valence-corrected chi connectivity index (χ0v) is 32.8. The van der Waals surface area contributed by atoms with Crippen LogP contribution in [0.3, 0.4) is 0 Å². The van der Waals surface area contributed by atoms with Gasteiger partial charge in [0.05, 0.1) is 6.04 Å². The molecule has 3 rings (SSSR count). The van der Waals surface area contributed by atoms with Crippen molar-refractivity contribution in [1.82, 2.24) is 41.7 Å². The number of carbonyl (C=O) groups is 8. The first-order valence-electron chi connectivity index (χ1n) is 18.2. The van der Waals surface area contributed by atoms with E-state index in [-0.39, 0.29) is 94.3 Å². The molecule has 0 aliphatic carbocycles. The highest BCUT2D eigenvalue weighted by Gasteiger charge is 2.42. The lowest BCUT2D eigenvalue weighted by molar-refractivity contribution is -0.145. The average molecular weight is 841 g/mol. The first-order valence-corrected chi connectivity index (χ1v) is 20.7. The van der Waals surface area contributed by atoms with Gasteiger partial charge in [-0.1, -0.05) is 27.7 Å². The Morgan fingerprint density at radius 3 is 2.11 bits per heavy atom. The number of amides is 7. The van der Waals surface area contributed by atoms with Crippen LogP contribution in [-0.4, -0.2) is 148 Å². The number of nitrogens with one attached hydrogen (secondary N) is 8. The number of rotatable bonds is 11. The van der Waals surface area contributed by atoms with Crippen molar-refractivity contribution >= 4 is 80.8 Å². The molecule has 6 atom stereocenters. The fraction of sp³-hybridized carbons (Fsp3) is 0.625. The molecule has 2 fully saturated rings. The quantitative estimate of drug-likeness (QED) is 0.0402. The number of carbonyl (C=O) groups excluding carboxylic acids is 7. The zero-order valence-electron chi connectivity index (χ0n) is 31.2. The van der Waals surface area contributed by atoms with E-state index in [2.05, 4.69) is 31.9 Å². The van der Waals surface area contributed by atoms with Crippen molar-refractivity contribution in [2.45, 2.75) is 87.6 Å². The molecular weight excluding hydrogens is 789 g/mol. The summed E-state index contributed by atoms with van der Waals surface area (Å²) in [4.78, 5) is 109. The third-order valence-corrected chi connectivity index (χ3v) is 11.5. The lowest BCUT2D eigenvalue weighted by atomic mass is 10.1. The molecule has 0 aromatic heterocycles. The van der Waals surface area contributed by atoms with Gasteiger partial charge in [0.2, 0.25) is 35.4 Å². The normalized spacial score (nSPS) is 25.8. The van der Waals surface area contributed by atoms with Crippen LogP contribution >= 0.6 is 21.6 Å². The summed E-state index contributed by atoms with van der Waals surface area (Å²) in [6.45, 7) is 0.328. The van der Waals surface area contributed by atoms with Gasteiger partial charge in [-0.25, -0.2) is 4.79 Å². The molecule has 17 N–H and O–H groups in total. The molecule has 0 aromatic rings. The SMILES string of the molecule is N=C(N)NCCC[C@H]1NC(=O)[C@H](CCC(N)=O)NC(=O)[C@@H](N)CSSC[C@H](C(=O)O)NC(=O)[C@@H](CCNC(=N)N)NC(=O)C2=CCCN2C(=O)[C@H]2CCCN2C1=O. The monoisotopic (exact) mass is 840 g/mol. The van der Waals surface area contributed by atoms with E-state index in [1.54, 1.807) is 0 Å². The fourth-order valence-electron chi connectivity index (χ4n) is 6.18. The first kappa shape index (κ1) is 46.1. The largest absolute Gasteiger partial charge is 0.480 e. The van der Waals surface area contributed by atoms with E-state index >= 15 is 0 Å². The Kier molecular flexibility index (Phi) is 18.1.